The first kappa shape index (κ1) is 17.4. The number of aromatic nitrogens is 1. The Morgan fingerprint density at radius 3 is 2.80 bits per heavy atom. The normalized spacial score (nSPS) is 17.1. The SMILES string of the molecule is CN(c1ccccc1)c1ccc(C(=O)NCCC2CCCNC2)cn1. The number of benzene rings is 1. The van der Waals surface area contributed by atoms with E-state index in [1.54, 1.807) is 6.20 Å². The van der Waals surface area contributed by atoms with Gasteiger partial charge in [0.1, 0.15) is 5.82 Å². The van der Waals surface area contributed by atoms with Crippen molar-refractivity contribution < 1.29 is 4.79 Å². The molecule has 132 valence electrons. The lowest BCUT2D eigenvalue weighted by atomic mass is 9.96. The Labute approximate surface area is 149 Å². The van der Waals surface area contributed by atoms with Crippen molar-refractivity contribution in [3.63, 3.8) is 0 Å². The summed E-state index contributed by atoms with van der Waals surface area (Å²) in [4.78, 5) is 18.7. The van der Waals surface area contributed by atoms with Crippen LogP contribution in [0.3, 0.4) is 0 Å². The van der Waals surface area contributed by atoms with Crippen molar-refractivity contribution in [2.75, 3.05) is 31.6 Å². The Kier molecular flexibility index (Phi) is 6.01. The molecule has 0 spiro atoms. The van der Waals surface area contributed by atoms with Crippen LogP contribution in [0.25, 0.3) is 0 Å². The lowest BCUT2D eigenvalue weighted by Crippen LogP contribution is -2.33. The topological polar surface area (TPSA) is 57.3 Å². The van der Waals surface area contributed by atoms with Gasteiger partial charge in [0.05, 0.1) is 5.56 Å². The van der Waals surface area contributed by atoms with Gasteiger partial charge in [-0.2, -0.15) is 0 Å². The van der Waals surface area contributed by atoms with Gasteiger partial charge in [-0.15, -0.1) is 0 Å². The van der Waals surface area contributed by atoms with E-state index in [2.05, 4.69) is 15.6 Å². The molecular formula is C20H26N4O. The average Bonchev–Trinajstić information content (AvgIpc) is 2.69. The highest BCUT2D eigenvalue weighted by atomic mass is 16.1. The molecule has 1 aromatic heterocycles. The monoisotopic (exact) mass is 338 g/mol. The van der Waals surface area contributed by atoms with Crippen molar-refractivity contribution in [1.82, 2.24) is 15.6 Å². The number of piperidine rings is 1. The Balaban J connectivity index is 1.51. The number of carbonyl (C=O) groups is 1. The van der Waals surface area contributed by atoms with E-state index in [1.165, 1.54) is 12.8 Å². The van der Waals surface area contributed by atoms with Gasteiger partial charge in [0.2, 0.25) is 0 Å². The molecule has 1 aliphatic rings. The van der Waals surface area contributed by atoms with E-state index >= 15 is 0 Å². The van der Waals surface area contributed by atoms with E-state index in [-0.39, 0.29) is 5.91 Å². The van der Waals surface area contributed by atoms with Crippen LogP contribution in [-0.2, 0) is 0 Å². The van der Waals surface area contributed by atoms with Gasteiger partial charge in [0.15, 0.2) is 0 Å². The van der Waals surface area contributed by atoms with Crippen LogP contribution in [0, 0.1) is 5.92 Å². The average molecular weight is 338 g/mol. The Morgan fingerprint density at radius 2 is 2.12 bits per heavy atom. The highest BCUT2D eigenvalue weighted by Gasteiger charge is 2.13. The van der Waals surface area contributed by atoms with Crippen LogP contribution in [0.1, 0.15) is 29.6 Å². The second-order valence-corrected chi connectivity index (χ2v) is 6.56. The van der Waals surface area contributed by atoms with E-state index in [0.29, 0.717) is 11.5 Å². The quantitative estimate of drug-likeness (QED) is 0.850. The van der Waals surface area contributed by atoms with Crippen molar-refractivity contribution in [2.45, 2.75) is 19.3 Å². The third kappa shape index (κ3) is 4.79. The number of anilines is 2. The van der Waals surface area contributed by atoms with Crippen molar-refractivity contribution in [1.29, 1.82) is 0 Å². The number of nitrogens with zero attached hydrogens (tertiary/aromatic N) is 2. The molecule has 1 unspecified atom stereocenters. The zero-order valence-electron chi connectivity index (χ0n) is 14.7. The maximum atomic E-state index is 12.3. The summed E-state index contributed by atoms with van der Waals surface area (Å²) in [5.41, 5.74) is 1.67. The number of hydrogen-bond donors (Lipinski definition) is 2. The fourth-order valence-electron chi connectivity index (χ4n) is 3.16. The van der Waals surface area contributed by atoms with E-state index in [9.17, 15) is 4.79 Å². The van der Waals surface area contributed by atoms with Crippen LogP contribution in [0.15, 0.2) is 48.7 Å². The third-order valence-electron chi connectivity index (χ3n) is 4.73. The first-order valence-corrected chi connectivity index (χ1v) is 8.98. The summed E-state index contributed by atoms with van der Waals surface area (Å²) in [6, 6.07) is 13.8. The molecule has 1 aromatic carbocycles. The second kappa shape index (κ2) is 8.62. The van der Waals surface area contributed by atoms with Crippen LogP contribution in [-0.4, -0.2) is 37.6 Å². The van der Waals surface area contributed by atoms with E-state index < -0.39 is 0 Å². The summed E-state index contributed by atoms with van der Waals surface area (Å²) in [7, 11) is 1.97. The number of amides is 1. The standard InChI is InChI=1S/C20H26N4O/c1-24(18-7-3-2-4-8-18)19-10-9-17(15-23-19)20(25)22-13-11-16-6-5-12-21-14-16/h2-4,7-10,15-16,21H,5-6,11-14H2,1H3,(H,22,25). The van der Waals surface area contributed by atoms with Gasteiger partial charge < -0.3 is 15.5 Å². The smallest absolute Gasteiger partial charge is 0.252 e. The molecule has 1 fully saturated rings. The van der Waals surface area contributed by atoms with Crippen LogP contribution in [0.2, 0.25) is 0 Å². The Hall–Kier alpha value is -2.40. The molecule has 1 saturated heterocycles. The molecule has 2 N–H and O–H groups in total. The first-order valence-electron chi connectivity index (χ1n) is 8.98. The van der Waals surface area contributed by atoms with E-state index in [0.717, 1.165) is 37.6 Å². The highest BCUT2D eigenvalue weighted by Crippen LogP contribution is 2.21. The predicted molar refractivity (Wildman–Crippen MR) is 101 cm³/mol. The molecule has 5 heteroatoms. The molecule has 1 atom stereocenters. The van der Waals surface area contributed by atoms with Gasteiger partial charge in [0, 0.05) is 25.5 Å². The maximum absolute atomic E-state index is 12.3. The van der Waals surface area contributed by atoms with E-state index in [4.69, 9.17) is 0 Å². The molecule has 5 nitrogen and oxygen atoms in total. The van der Waals surface area contributed by atoms with Crippen molar-refractivity contribution in [2.24, 2.45) is 5.92 Å². The minimum absolute atomic E-state index is 0.0508. The van der Waals surface area contributed by atoms with Crippen molar-refractivity contribution >= 4 is 17.4 Å². The molecule has 0 radical (unpaired) electrons. The van der Waals surface area contributed by atoms with Crippen LogP contribution >= 0.6 is 0 Å². The molecule has 2 aromatic rings. The minimum Gasteiger partial charge on any atom is -0.352 e. The summed E-state index contributed by atoms with van der Waals surface area (Å²) in [5.74, 6) is 1.44. The van der Waals surface area contributed by atoms with Gasteiger partial charge in [-0.3, -0.25) is 4.79 Å². The van der Waals surface area contributed by atoms with Crippen LogP contribution in [0.5, 0.6) is 0 Å². The fourth-order valence-corrected chi connectivity index (χ4v) is 3.16. The number of carbonyl (C=O) groups excluding carboxylic acids is 1. The predicted octanol–water partition coefficient (Wildman–Crippen LogP) is 2.97. The molecule has 0 bridgehead atoms. The highest BCUT2D eigenvalue weighted by molar-refractivity contribution is 5.94. The zero-order chi connectivity index (χ0) is 17.5. The van der Waals surface area contributed by atoms with Gasteiger partial charge in [-0.05, 0) is 62.5 Å². The van der Waals surface area contributed by atoms with Crippen LogP contribution in [0.4, 0.5) is 11.5 Å². The number of nitrogens with one attached hydrogen (secondary N) is 2. The van der Waals surface area contributed by atoms with E-state index in [1.807, 2.05) is 54.4 Å². The van der Waals surface area contributed by atoms with Crippen LogP contribution < -0.4 is 15.5 Å². The number of para-hydroxylation sites is 1. The molecule has 2 heterocycles. The summed E-state index contributed by atoms with van der Waals surface area (Å²) >= 11 is 0. The summed E-state index contributed by atoms with van der Waals surface area (Å²) < 4.78 is 0. The fraction of sp³-hybridized carbons (Fsp3) is 0.400. The molecule has 25 heavy (non-hydrogen) atoms. The number of hydrogen-bond acceptors (Lipinski definition) is 4. The number of pyridine rings is 1. The summed E-state index contributed by atoms with van der Waals surface area (Å²) in [6.07, 6.45) is 5.16. The van der Waals surface area contributed by atoms with Crippen molar-refractivity contribution in [3.05, 3.63) is 54.2 Å². The minimum atomic E-state index is -0.0508. The Bertz CT molecular complexity index is 666. The molecule has 3 rings (SSSR count). The van der Waals surface area contributed by atoms with Gasteiger partial charge in [-0.25, -0.2) is 4.98 Å². The number of rotatable bonds is 6. The lowest BCUT2D eigenvalue weighted by molar-refractivity contribution is 0.0950. The zero-order valence-corrected chi connectivity index (χ0v) is 14.7. The maximum Gasteiger partial charge on any atom is 0.252 e. The molecule has 0 aliphatic carbocycles. The van der Waals surface area contributed by atoms with Gasteiger partial charge in [0.25, 0.3) is 5.91 Å². The summed E-state index contributed by atoms with van der Waals surface area (Å²) in [5, 5.41) is 6.41. The van der Waals surface area contributed by atoms with Gasteiger partial charge in [-0.1, -0.05) is 18.2 Å². The van der Waals surface area contributed by atoms with Crippen molar-refractivity contribution in [3.8, 4) is 0 Å². The molecule has 1 amide bonds. The second-order valence-electron chi connectivity index (χ2n) is 6.56. The summed E-state index contributed by atoms with van der Waals surface area (Å²) in [6.45, 7) is 2.91. The molecule has 1 aliphatic heterocycles. The molecular weight excluding hydrogens is 312 g/mol. The molecule has 0 saturated carbocycles. The third-order valence-corrected chi connectivity index (χ3v) is 4.73. The van der Waals surface area contributed by atoms with Gasteiger partial charge >= 0.3 is 0 Å². The Morgan fingerprint density at radius 1 is 1.28 bits per heavy atom. The largest absolute Gasteiger partial charge is 0.352 e. The lowest BCUT2D eigenvalue weighted by Gasteiger charge is -2.22. The first-order chi connectivity index (χ1) is 12.2.